The van der Waals surface area contributed by atoms with Crippen molar-refractivity contribution in [1.82, 2.24) is 5.32 Å². The fraction of sp³-hybridized carbons (Fsp3) is 0.467. The molecule has 0 radical (unpaired) electrons. The normalized spacial score (nSPS) is 12.5. The van der Waals surface area contributed by atoms with Gasteiger partial charge in [0.05, 0.1) is 0 Å². The average Bonchev–Trinajstić information content (AvgIpc) is 2.26. The van der Waals surface area contributed by atoms with Crippen LogP contribution >= 0.6 is 11.6 Å². The van der Waals surface area contributed by atoms with Crippen molar-refractivity contribution in [3.8, 4) is 0 Å². The van der Waals surface area contributed by atoms with E-state index in [2.05, 4.69) is 51.2 Å². The predicted octanol–water partition coefficient (Wildman–Crippen LogP) is 4.38. The molecular weight excluding hydrogens is 230 g/mol. The molecule has 2 heteroatoms. The van der Waals surface area contributed by atoms with Crippen LogP contribution in [0.5, 0.6) is 0 Å². The Bertz CT molecular complexity index is 363. The number of benzene rings is 1. The molecule has 0 fully saturated rings. The maximum atomic E-state index is 5.88. The molecule has 1 aromatic rings. The van der Waals surface area contributed by atoms with Crippen molar-refractivity contribution in [3.63, 3.8) is 0 Å². The zero-order valence-electron chi connectivity index (χ0n) is 11.1. The molecule has 0 saturated carbocycles. The molecule has 0 atom stereocenters. The topological polar surface area (TPSA) is 12.0 Å². The van der Waals surface area contributed by atoms with Crippen molar-refractivity contribution in [2.45, 2.75) is 33.7 Å². The number of rotatable bonds is 5. The summed E-state index contributed by atoms with van der Waals surface area (Å²) in [6.45, 7) is 9.73. The average molecular weight is 252 g/mol. The molecule has 1 N–H and O–H groups in total. The molecule has 0 aromatic heterocycles. The molecule has 1 rings (SSSR count). The van der Waals surface area contributed by atoms with Crippen LogP contribution in [0.25, 0.3) is 6.08 Å². The standard InChI is InChI=1S/C15H22ClN/c1-11(2)14(10-17-12(3)4)9-13-5-7-15(16)8-6-13/h5-9,11-12,17H,10H2,1-4H3. The van der Waals surface area contributed by atoms with Crippen LogP contribution in [0.3, 0.4) is 0 Å². The second-order valence-electron chi connectivity index (χ2n) is 4.96. The highest BCUT2D eigenvalue weighted by molar-refractivity contribution is 6.30. The molecule has 0 aliphatic carbocycles. The maximum Gasteiger partial charge on any atom is 0.0406 e. The molecule has 1 aromatic carbocycles. The first-order valence-corrected chi connectivity index (χ1v) is 6.56. The van der Waals surface area contributed by atoms with Crippen LogP contribution < -0.4 is 5.32 Å². The summed E-state index contributed by atoms with van der Waals surface area (Å²) >= 11 is 5.88. The van der Waals surface area contributed by atoms with Crippen molar-refractivity contribution in [3.05, 3.63) is 40.4 Å². The van der Waals surface area contributed by atoms with Gasteiger partial charge in [-0.3, -0.25) is 0 Å². The zero-order valence-corrected chi connectivity index (χ0v) is 11.9. The summed E-state index contributed by atoms with van der Waals surface area (Å²) in [6, 6.07) is 8.49. The van der Waals surface area contributed by atoms with Crippen molar-refractivity contribution in [2.75, 3.05) is 6.54 Å². The molecule has 0 amide bonds. The van der Waals surface area contributed by atoms with Crippen LogP contribution in [0, 0.1) is 5.92 Å². The minimum Gasteiger partial charge on any atom is -0.311 e. The zero-order chi connectivity index (χ0) is 12.8. The summed E-state index contributed by atoms with van der Waals surface area (Å²) in [6.07, 6.45) is 2.25. The van der Waals surface area contributed by atoms with E-state index in [1.807, 2.05) is 12.1 Å². The van der Waals surface area contributed by atoms with Crippen molar-refractivity contribution < 1.29 is 0 Å². The monoisotopic (exact) mass is 251 g/mol. The van der Waals surface area contributed by atoms with Gasteiger partial charge in [0, 0.05) is 17.6 Å². The van der Waals surface area contributed by atoms with E-state index in [0.29, 0.717) is 12.0 Å². The van der Waals surface area contributed by atoms with E-state index in [1.165, 1.54) is 11.1 Å². The van der Waals surface area contributed by atoms with Gasteiger partial charge in [0.15, 0.2) is 0 Å². The van der Waals surface area contributed by atoms with Crippen LogP contribution in [-0.2, 0) is 0 Å². The van der Waals surface area contributed by atoms with E-state index in [0.717, 1.165) is 11.6 Å². The molecule has 94 valence electrons. The van der Waals surface area contributed by atoms with Crippen molar-refractivity contribution in [1.29, 1.82) is 0 Å². The highest BCUT2D eigenvalue weighted by Gasteiger charge is 2.04. The predicted molar refractivity (Wildman–Crippen MR) is 77.4 cm³/mol. The van der Waals surface area contributed by atoms with Gasteiger partial charge in [-0.25, -0.2) is 0 Å². The van der Waals surface area contributed by atoms with Gasteiger partial charge in [-0.1, -0.05) is 63.1 Å². The maximum absolute atomic E-state index is 5.88. The minimum atomic E-state index is 0.516. The Labute approximate surface area is 110 Å². The van der Waals surface area contributed by atoms with Gasteiger partial charge >= 0.3 is 0 Å². The van der Waals surface area contributed by atoms with Gasteiger partial charge in [-0.2, -0.15) is 0 Å². The lowest BCUT2D eigenvalue weighted by atomic mass is 10.00. The summed E-state index contributed by atoms with van der Waals surface area (Å²) in [4.78, 5) is 0. The molecule has 0 heterocycles. The van der Waals surface area contributed by atoms with Crippen molar-refractivity contribution in [2.24, 2.45) is 5.92 Å². The first-order valence-electron chi connectivity index (χ1n) is 6.18. The Kier molecular flexibility index (Phi) is 5.73. The molecule has 0 spiro atoms. The third-order valence-corrected chi connectivity index (χ3v) is 2.93. The molecule has 0 unspecified atom stereocenters. The molecule has 0 aliphatic rings. The summed E-state index contributed by atoms with van der Waals surface area (Å²) in [7, 11) is 0. The Morgan fingerprint density at radius 3 is 2.24 bits per heavy atom. The van der Waals surface area contributed by atoms with Gasteiger partial charge < -0.3 is 5.32 Å². The van der Waals surface area contributed by atoms with Gasteiger partial charge in [0.2, 0.25) is 0 Å². The number of nitrogens with one attached hydrogen (secondary N) is 1. The van der Waals surface area contributed by atoms with E-state index in [1.54, 1.807) is 0 Å². The fourth-order valence-corrected chi connectivity index (χ4v) is 1.64. The largest absolute Gasteiger partial charge is 0.311 e. The molecule has 1 nitrogen and oxygen atoms in total. The first-order chi connectivity index (χ1) is 7.99. The Balaban J connectivity index is 2.78. The Hall–Kier alpha value is -0.790. The third-order valence-electron chi connectivity index (χ3n) is 2.68. The first kappa shape index (κ1) is 14.3. The van der Waals surface area contributed by atoms with Crippen LogP contribution in [0.1, 0.15) is 33.3 Å². The highest BCUT2D eigenvalue weighted by Crippen LogP contribution is 2.16. The summed E-state index contributed by atoms with van der Waals surface area (Å²) in [5.74, 6) is 0.553. The fourth-order valence-electron chi connectivity index (χ4n) is 1.52. The van der Waals surface area contributed by atoms with Crippen LogP contribution in [0.2, 0.25) is 5.02 Å². The van der Waals surface area contributed by atoms with Crippen LogP contribution in [-0.4, -0.2) is 12.6 Å². The van der Waals surface area contributed by atoms with E-state index in [4.69, 9.17) is 11.6 Å². The summed E-state index contributed by atoms with van der Waals surface area (Å²) in [5, 5.41) is 4.25. The molecule has 17 heavy (non-hydrogen) atoms. The quantitative estimate of drug-likeness (QED) is 0.819. The van der Waals surface area contributed by atoms with Crippen LogP contribution in [0.4, 0.5) is 0 Å². The lowest BCUT2D eigenvalue weighted by Crippen LogP contribution is -2.26. The van der Waals surface area contributed by atoms with Gasteiger partial charge in [-0.05, 0) is 23.6 Å². The minimum absolute atomic E-state index is 0.516. The highest BCUT2D eigenvalue weighted by atomic mass is 35.5. The second kappa shape index (κ2) is 6.83. The second-order valence-corrected chi connectivity index (χ2v) is 5.40. The number of halogens is 1. The SMILES string of the molecule is CC(C)NCC(=Cc1ccc(Cl)cc1)C(C)C. The van der Waals surface area contributed by atoms with E-state index in [-0.39, 0.29) is 0 Å². The number of hydrogen-bond donors (Lipinski definition) is 1. The lowest BCUT2D eigenvalue weighted by Gasteiger charge is -2.15. The van der Waals surface area contributed by atoms with Crippen molar-refractivity contribution >= 4 is 17.7 Å². The smallest absolute Gasteiger partial charge is 0.0406 e. The van der Waals surface area contributed by atoms with E-state index >= 15 is 0 Å². The van der Waals surface area contributed by atoms with Gasteiger partial charge in [0.25, 0.3) is 0 Å². The third kappa shape index (κ3) is 5.38. The van der Waals surface area contributed by atoms with Crippen LogP contribution in [0.15, 0.2) is 29.8 Å². The molecule has 0 aliphatic heterocycles. The number of hydrogen-bond acceptors (Lipinski definition) is 1. The lowest BCUT2D eigenvalue weighted by molar-refractivity contribution is 0.593. The Morgan fingerprint density at radius 1 is 1.18 bits per heavy atom. The van der Waals surface area contributed by atoms with E-state index < -0.39 is 0 Å². The summed E-state index contributed by atoms with van der Waals surface area (Å²) < 4.78 is 0. The molecule has 0 bridgehead atoms. The van der Waals surface area contributed by atoms with Gasteiger partial charge in [-0.15, -0.1) is 0 Å². The summed E-state index contributed by atoms with van der Waals surface area (Å²) in [5.41, 5.74) is 2.63. The van der Waals surface area contributed by atoms with E-state index in [9.17, 15) is 0 Å². The molecule has 0 saturated heterocycles. The van der Waals surface area contributed by atoms with Gasteiger partial charge in [0.1, 0.15) is 0 Å². The Morgan fingerprint density at radius 2 is 1.76 bits per heavy atom. The molecular formula is C15H22ClN.